The average Bonchev–Trinajstić information content (AvgIpc) is 3.38. The second-order valence-electron chi connectivity index (χ2n) is 7.44. The van der Waals surface area contributed by atoms with E-state index in [9.17, 15) is 13.6 Å². The number of hydrogen-bond donors (Lipinski definition) is 0. The molecule has 1 aromatic heterocycles. The Hall–Kier alpha value is -3.13. The van der Waals surface area contributed by atoms with Gasteiger partial charge < -0.3 is 9.47 Å². The molecule has 2 aromatic carbocycles. The number of benzene rings is 2. The minimum Gasteiger partial charge on any atom is -0.461 e. The van der Waals surface area contributed by atoms with Crippen LogP contribution in [0.5, 0.6) is 0 Å². The third-order valence-electron chi connectivity index (χ3n) is 5.22. The van der Waals surface area contributed by atoms with E-state index in [1.807, 2.05) is 30.3 Å². The summed E-state index contributed by atoms with van der Waals surface area (Å²) in [5.41, 5.74) is 0.0672. The maximum Gasteiger partial charge on any atom is 0.306 e. The Kier molecular flexibility index (Phi) is 5.85. The first-order valence-corrected chi connectivity index (χ1v) is 9.65. The lowest BCUT2D eigenvalue weighted by Crippen LogP contribution is -2.32. The van der Waals surface area contributed by atoms with Crippen LogP contribution in [-0.2, 0) is 33.0 Å². The molecule has 0 radical (unpaired) electrons. The largest absolute Gasteiger partial charge is 0.461 e. The van der Waals surface area contributed by atoms with Gasteiger partial charge in [0.25, 0.3) is 0 Å². The summed E-state index contributed by atoms with van der Waals surface area (Å²) in [4.78, 5) is 16.2. The molecule has 0 unspecified atom stereocenters. The Bertz CT molecular complexity index is 998. The van der Waals surface area contributed by atoms with Crippen LogP contribution in [0.25, 0.3) is 0 Å². The summed E-state index contributed by atoms with van der Waals surface area (Å²) in [7, 11) is 0. The number of carbonyl (C=O) groups excluding carboxylic acids is 1. The lowest BCUT2D eigenvalue weighted by molar-refractivity contribution is -0.146. The third kappa shape index (κ3) is 4.54. The average molecular weight is 413 g/mol. The smallest absolute Gasteiger partial charge is 0.306 e. The highest BCUT2D eigenvalue weighted by atomic mass is 19.1. The number of aromatic nitrogens is 3. The van der Waals surface area contributed by atoms with Crippen molar-refractivity contribution < 1.29 is 23.0 Å². The van der Waals surface area contributed by atoms with Gasteiger partial charge in [0.2, 0.25) is 0 Å². The molecule has 0 spiro atoms. The second-order valence-corrected chi connectivity index (χ2v) is 7.44. The normalized spacial score (nSPS) is 20.9. The van der Waals surface area contributed by atoms with Crippen LogP contribution < -0.4 is 0 Å². The van der Waals surface area contributed by atoms with Crippen LogP contribution in [0, 0.1) is 17.6 Å². The molecule has 1 saturated heterocycles. The number of carbonyl (C=O) groups is 1. The van der Waals surface area contributed by atoms with Gasteiger partial charge in [-0.2, -0.15) is 5.10 Å². The van der Waals surface area contributed by atoms with Gasteiger partial charge in [-0.05, 0) is 24.0 Å². The molecule has 4 rings (SSSR count). The first kappa shape index (κ1) is 20.2. The van der Waals surface area contributed by atoms with Gasteiger partial charge in [0.05, 0.1) is 19.6 Å². The molecule has 1 aliphatic rings. The molecule has 8 heteroatoms. The lowest BCUT2D eigenvalue weighted by Gasteiger charge is -2.29. The van der Waals surface area contributed by atoms with E-state index in [-0.39, 0.29) is 43.6 Å². The van der Waals surface area contributed by atoms with Crippen LogP contribution in [-0.4, -0.2) is 27.3 Å². The van der Waals surface area contributed by atoms with Crippen LogP contribution in [0.1, 0.15) is 24.0 Å². The van der Waals surface area contributed by atoms with Gasteiger partial charge in [-0.3, -0.25) is 4.79 Å². The molecular weight excluding hydrogens is 392 g/mol. The minimum absolute atomic E-state index is 0.148. The van der Waals surface area contributed by atoms with Crippen LogP contribution in [0.3, 0.4) is 0 Å². The molecule has 156 valence electrons. The van der Waals surface area contributed by atoms with Gasteiger partial charge in [0.15, 0.2) is 0 Å². The van der Waals surface area contributed by atoms with E-state index in [4.69, 9.17) is 9.47 Å². The van der Waals surface area contributed by atoms with Gasteiger partial charge in [-0.25, -0.2) is 18.4 Å². The van der Waals surface area contributed by atoms with E-state index in [1.165, 1.54) is 24.8 Å². The van der Waals surface area contributed by atoms with Gasteiger partial charge in [-0.15, -0.1) is 0 Å². The van der Waals surface area contributed by atoms with Crippen LogP contribution in [0.2, 0.25) is 0 Å². The Balaban J connectivity index is 1.46. The summed E-state index contributed by atoms with van der Waals surface area (Å²) in [6, 6.07) is 12.8. The predicted molar refractivity (Wildman–Crippen MR) is 103 cm³/mol. The van der Waals surface area contributed by atoms with Crippen molar-refractivity contribution >= 4 is 5.97 Å². The van der Waals surface area contributed by atoms with E-state index < -0.39 is 17.2 Å². The highest BCUT2D eigenvalue weighted by Crippen LogP contribution is 2.42. The SMILES string of the molecule is O=C(C[C@@H]1CO[C@@](Cn2cncn2)(c2ccc(F)cc2F)C1)OCc1ccccc1. The lowest BCUT2D eigenvalue weighted by atomic mass is 9.85. The third-order valence-corrected chi connectivity index (χ3v) is 5.22. The van der Waals surface area contributed by atoms with Crippen molar-refractivity contribution in [1.29, 1.82) is 0 Å². The van der Waals surface area contributed by atoms with Crippen molar-refractivity contribution in [2.45, 2.75) is 31.6 Å². The zero-order valence-corrected chi connectivity index (χ0v) is 16.2. The predicted octanol–water partition coefficient (Wildman–Crippen LogP) is 3.62. The molecule has 0 bridgehead atoms. The Morgan fingerprint density at radius 1 is 1.23 bits per heavy atom. The van der Waals surface area contributed by atoms with Crippen molar-refractivity contribution in [3.8, 4) is 0 Å². The van der Waals surface area contributed by atoms with E-state index in [2.05, 4.69) is 10.1 Å². The Morgan fingerprint density at radius 2 is 2.07 bits per heavy atom. The number of nitrogens with zero attached hydrogens (tertiary/aromatic N) is 3. The van der Waals surface area contributed by atoms with Crippen molar-refractivity contribution in [3.05, 3.63) is 83.9 Å². The molecule has 1 fully saturated rings. The van der Waals surface area contributed by atoms with Crippen molar-refractivity contribution in [3.63, 3.8) is 0 Å². The number of esters is 1. The van der Waals surface area contributed by atoms with E-state index >= 15 is 0 Å². The molecule has 6 nitrogen and oxygen atoms in total. The molecule has 2 heterocycles. The minimum atomic E-state index is -1.07. The monoisotopic (exact) mass is 413 g/mol. The fraction of sp³-hybridized carbons (Fsp3) is 0.318. The first-order valence-electron chi connectivity index (χ1n) is 9.65. The highest BCUT2D eigenvalue weighted by molar-refractivity contribution is 5.69. The van der Waals surface area contributed by atoms with Gasteiger partial charge in [0.1, 0.15) is 36.5 Å². The topological polar surface area (TPSA) is 66.2 Å². The molecule has 0 amide bonds. The fourth-order valence-corrected chi connectivity index (χ4v) is 3.84. The summed E-state index contributed by atoms with van der Waals surface area (Å²) in [5.74, 6) is -1.86. The van der Waals surface area contributed by atoms with Crippen LogP contribution in [0.4, 0.5) is 8.78 Å². The molecular formula is C22H21F2N3O3. The summed E-state index contributed by atoms with van der Waals surface area (Å²) >= 11 is 0. The van der Waals surface area contributed by atoms with Crippen LogP contribution >= 0.6 is 0 Å². The zero-order valence-electron chi connectivity index (χ0n) is 16.2. The molecule has 30 heavy (non-hydrogen) atoms. The molecule has 3 aromatic rings. The summed E-state index contributed by atoms with van der Waals surface area (Å²) < 4.78 is 41.0. The van der Waals surface area contributed by atoms with Gasteiger partial charge >= 0.3 is 5.97 Å². The Morgan fingerprint density at radius 3 is 2.80 bits per heavy atom. The fourth-order valence-electron chi connectivity index (χ4n) is 3.84. The van der Waals surface area contributed by atoms with Gasteiger partial charge in [-0.1, -0.05) is 36.4 Å². The number of rotatable bonds is 7. The highest BCUT2D eigenvalue weighted by Gasteiger charge is 2.45. The van der Waals surface area contributed by atoms with Crippen LogP contribution in [0.15, 0.2) is 61.2 Å². The number of halogens is 2. The first-order chi connectivity index (χ1) is 14.5. The van der Waals surface area contributed by atoms with E-state index in [0.29, 0.717) is 6.42 Å². The molecule has 0 aliphatic carbocycles. The zero-order chi connectivity index (χ0) is 21.0. The van der Waals surface area contributed by atoms with E-state index in [1.54, 1.807) is 4.68 Å². The second kappa shape index (κ2) is 8.71. The van der Waals surface area contributed by atoms with Gasteiger partial charge in [0, 0.05) is 11.6 Å². The number of ether oxygens (including phenoxy) is 2. The number of hydrogen-bond acceptors (Lipinski definition) is 5. The molecule has 0 saturated carbocycles. The quantitative estimate of drug-likeness (QED) is 0.554. The Labute approximate surface area is 172 Å². The summed E-state index contributed by atoms with van der Waals surface area (Å²) in [6.45, 7) is 0.654. The molecule has 2 atom stereocenters. The maximum atomic E-state index is 14.6. The molecule has 0 N–H and O–H groups in total. The van der Waals surface area contributed by atoms with Crippen molar-refractivity contribution in [2.75, 3.05) is 6.61 Å². The summed E-state index contributed by atoms with van der Waals surface area (Å²) in [6.07, 6.45) is 3.40. The van der Waals surface area contributed by atoms with Crippen molar-refractivity contribution in [1.82, 2.24) is 14.8 Å². The summed E-state index contributed by atoms with van der Waals surface area (Å²) in [5, 5.41) is 4.08. The van der Waals surface area contributed by atoms with E-state index in [0.717, 1.165) is 11.6 Å². The standard InChI is InChI=1S/C22H21F2N3O3/c23-18-6-7-19(20(24)9-18)22(13-27-15-25-14-26-27)10-17(12-30-22)8-21(28)29-11-16-4-2-1-3-5-16/h1-7,9,14-15,17H,8,10-13H2/t17-,22-/m0/s1. The maximum absolute atomic E-state index is 14.6. The van der Waals surface area contributed by atoms with Crippen molar-refractivity contribution in [2.24, 2.45) is 5.92 Å². The molecule has 1 aliphatic heterocycles.